The van der Waals surface area contributed by atoms with Crippen molar-refractivity contribution in [2.75, 3.05) is 11.1 Å². The number of aromatic nitrogens is 5. The second-order valence-electron chi connectivity index (χ2n) is 5.04. The number of hydrogen-bond donors (Lipinski definition) is 2. The molecule has 0 aliphatic heterocycles. The molecule has 114 valence electrons. The summed E-state index contributed by atoms with van der Waals surface area (Å²) < 4.78 is 6.57. The second-order valence-corrected chi connectivity index (χ2v) is 5.04. The van der Waals surface area contributed by atoms with Gasteiger partial charge in [-0.25, -0.2) is 14.6 Å². The highest BCUT2D eigenvalue weighted by molar-refractivity contribution is 5.71. The lowest BCUT2D eigenvalue weighted by Gasteiger charge is -2.06. The molecule has 0 spiro atoms. The minimum atomic E-state index is 0.215. The average molecular weight is 307 g/mol. The van der Waals surface area contributed by atoms with Crippen LogP contribution in [0.25, 0.3) is 17.0 Å². The number of hydrogen-bond acceptors (Lipinski definition) is 7. The quantitative estimate of drug-likeness (QED) is 0.598. The number of fused-ring (bicyclic) bond motifs is 1. The summed E-state index contributed by atoms with van der Waals surface area (Å²) >= 11 is 0. The number of nitrogens with two attached hydrogens (primary N) is 1. The minimum Gasteiger partial charge on any atom is -0.379 e. The lowest BCUT2D eigenvalue weighted by atomic mass is 10.2. The predicted octanol–water partition coefficient (Wildman–Crippen LogP) is 2.41. The summed E-state index contributed by atoms with van der Waals surface area (Å²) in [7, 11) is 0. The lowest BCUT2D eigenvalue weighted by molar-refractivity contribution is 0.310. The molecule has 3 aromatic heterocycles. The summed E-state index contributed by atoms with van der Waals surface area (Å²) in [5.74, 6) is 0.925. The molecule has 1 aromatic carbocycles. The second kappa shape index (κ2) is 5.09. The smallest absolute Gasteiger partial charge is 0.198 e. The largest absolute Gasteiger partial charge is 0.379 e. The number of aryl methyl sites for hydroxylation is 1. The molecule has 0 fully saturated rings. The van der Waals surface area contributed by atoms with Gasteiger partial charge in [0.05, 0.1) is 12.4 Å². The fourth-order valence-corrected chi connectivity index (χ4v) is 2.39. The first-order valence-corrected chi connectivity index (χ1v) is 6.97. The fourth-order valence-electron chi connectivity index (χ4n) is 2.39. The molecule has 3 heterocycles. The Hall–Kier alpha value is -3.42. The van der Waals surface area contributed by atoms with Crippen LogP contribution in [0, 0.1) is 6.92 Å². The van der Waals surface area contributed by atoms with Gasteiger partial charge >= 0.3 is 0 Å². The topological polar surface area (TPSA) is 107 Å². The summed E-state index contributed by atoms with van der Waals surface area (Å²) in [6.45, 7) is 1.93. The maximum absolute atomic E-state index is 5.75. The van der Waals surface area contributed by atoms with E-state index in [2.05, 4.69) is 30.2 Å². The van der Waals surface area contributed by atoms with E-state index in [0.717, 1.165) is 11.4 Å². The summed E-state index contributed by atoms with van der Waals surface area (Å²) in [6, 6.07) is 9.83. The Morgan fingerprint density at radius 3 is 2.70 bits per heavy atom. The molecular weight excluding hydrogens is 294 g/mol. The number of nitrogens with zero attached hydrogens (tertiary/aromatic N) is 5. The zero-order valence-electron chi connectivity index (χ0n) is 12.3. The molecule has 0 aliphatic rings. The third-order valence-corrected chi connectivity index (χ3v) is 3.53. The molecule has 0 amide bonds. The van der Waals surface area contributed by atoms with Crippen LogP contribution in [0.15, 0.2) is 47.4 Å². The standard InChI is InChI=1S/C15H13N7O/c1-9-13(14-15(16)21-23-20-14)19-12-7-17-11(8-22(9)12)18-10-5-3-2-4-6-10/h2-8,18H,1H3,(H2,16,21). The Balaban J connectivity index is 1.77. The molecule has 0 unspecified atom stereocenters. The van der Waals surface area contributed by atoms with Crippen molar-refractivity contribution in [1.82, 2.24) is 24.7 Å². The zero-order valence-corrected chi connectivity index (χ0v) is 12.3. The first kappa shape index (κ1) is 13.3. The maximum Gasteiger partial charge on any atom is 0.198 e. The Morgan fingerprint density at radius 1 is 1.13 bits per heavy atom. The van der Waals surface area contributed by atoms with E-state index < -0.39 is 0 Å². The SMILES string of the molecule is Cc1c(-c2nonc2N)nc2cnc(Nc3ccccc3)cn12. The molecule has 4 aromatic rings. The molecule has 8 nitrogen and oxygen atoms in total. The molecule has 0 bridgehead atoms. The van der Waals surface area contributed by atoms with Gasteiger partial charge in [-0.2, -0.15) is 0 Å². The van der Waals surface area contributed by atoms with Gasteiger partial charge in [0.25, 0.3) is 0 Å². The highest BCUT2D eigenvalue weighted by atomic mass is 16.6. The molecule has 0 atom stereocenters. The molecule has 0 radical (unpaired) electrons. The van der Waals surface area contributed by atoms with Crippen LogP contribution < -0.4 is 11.1 Å². The summed E-state index contributed by atoms with van der Waals surface area (Å²) in [5.41, 5.74) is 9.34. The average Bonchev–Trinajstić information content (AvgIpc) is 3.12. The molecule has 3 N–H and O–H groups in total. The Labute approximate surface area is 130 Å². The van der Waals surface area contributed by atoms with Gasteiger partial charge in [0.1, 0.15) is 11.5 Å². The number of para-hydroxylation sites is 1. The summed E-state index contributed by atoms with van der Waals surface area (Å²) in [6.07, 6.45) is 3.56. The number of rotatable bonds is 3. The molecular formula is C15H13N7O. The van der Waals surface area contributed by atoms with Crippen molar-refractivity contribution in [3.8, 4) is 11.4 Å². The normalized spacial score (nSPS) is 11.0. The van der Waals surface area contributed by atoms with Gasteiger partial charge < -0.3 is 11.1 Å². The zero-order chi connectivity index (χ0) is 15.8. The van der Waals surface area contributed by atoms with Gasteiger partial charge in [0.15, 0.2) is 17.2 Å². The van der Waals surface area contributed by atoms with E-state index in [-0.39, 0.29) is 5.82 Å². The van der Waals surface area contributed by atoms with Crippen molar-refractivity contribution in [3.63, 3.8) is 0 Å². The van der Waals surface area contributed by atoms with Crippen LogP contribution >= 0.6 is 0 Å². The van der Waals surface area contributed by atoms with Crippen molar-refractivity contribution in [2.45, 2.75) is 6.92 Å². The van der Waals surface area contributed by atoms with Crippen LogP contribution in [0.3, 0.4) is 0 Å². The maximum atomic E-state index is 5.75. The van der Waals surface area contributed by atoms with E-state index in [0.29, 0.717) is 22.9 Å². The van der Waals surface area contributed by atoms with Gasteiger partial charge in [-0.1, -0.05) is 18.2 Å². The van der Waals surface area contributed by atoms with Crippen molar-refractivity contribution in [1.29, 1.82) is 0 Å². The van der Waals surface area contributed by atoms with E-state index >= 15 is 0 Å². The summed E-state index contributed by atoms with van der Waals surface area (Å²) in [5, 5.41) is 10.6. The number of nitrogens with one attached hydrogen (secondary N) is 1. The van der Waals surface area contributed by atoms with Crippen LogP contribution in [0.1, 0.15) is 5.69 Å². The van der Waals surface area contributed by atoms with E-state index in [1.165, 1.54) is 0 Å². The van der Waals surface area contributed by atoms with Crippen LogP contribution in [0.2, 0.25) is 0 Å². The van der Waals surface area contributed by atoms with Gasteiger partial charge in [-0.3, -0.25) is 4.40 Å². The Bertz CT molecular complexity index is 974. The van der Waals surface area contributed by atoms with Gasteiger partial charge in [-0.05, 0) is 29.4 Å². The van der Waals surface area contributed by atoms with Crippen molar-refractivity contribution >= 4 is 23.0 Å². The Morgan fingerprint density at radius 2 is 1.96 bits per heavy atom. The number of imidazole rings is 1. The third-order valence-electron chi connectivity index (χ3n) is 3.53. The van der Waals surface area contributed by atoms with E-state index in [4.69, 9.17) is 5.73 Å². The van der Waals surface area contributed by atoms with E-state index in [9.17, 15) is 0 Å². The Kier molecular flexibility index (Phi) is 2.94. The molecule has 0 saturated heterocycles. The number of benzene rings is 1. The van der Waals surface area contributed by atoms with Crippen LogP contribution in [0.5, 0.6) is 0 Å². The highest BCUT2D eigenvalue weighted by Gasteiger charge is 2.17. The van der Waals surface area contributed by atoms with Crippen LogP contribution in [-0.2, 0) is 0 Å². The van der Waals surface area contributed by atoms with Crippen LogP contribution in [0.4, 0.5) is 17.3 Å². The van der Waals surface area contributed by atoms with Crippen molar-refractivity contribution < 1.29 is 4.63 Å². The monoisotopic (exact) mass is 307 g/mol. The number of nitrogen functional groups attached to an aromatic ring is 1. The molecule has 23 heavy (non-hydrogen) atoms. The van der Waals surface area contributed by atoms with Gasteiger partial charge in [0, 0.05) is 11.4 Å². The van der Waals surface area contributed by atoms with Crippen molar-refractivity contribution in [2.24, 2.45) is 0 Å². The highest BCUT2D eigenvalue weighted by Crippen LogP contribution is 2.26. The first-order valence-electron chi connectivity index (χ1n) is 6.97. The molecule has 0 aliphatic carbocycles. The first-order chi connectivity index (χ1) is 11.2. The third kappa shape index (κ3) is 2.26. The summed E-state index contributed by atoms with van der Waals surface area (Å²) in [4.78, 5) is 8.87. The predicted molar refractivity (Wildman–Crippen MR) is 85.2 cm³/mol. The van der Waals surface area contributed by atoms with Gasteiger partial charge in [0.2, 0.25) is 0 Å². The fraction of sp³-hybridized carbons (Fsp3) is 0.0667. The molecule has 0 saturated carbocycles. The minimum absolute atomic E-state index is 0.215. The molecule has 4 rings (SSSR count). The lowest BCUT2D eigenvalue weighted by Crippen LogP contribution is -1.97. The number of anilines is 3. The van der Waals surface area contributed by atoms with E-state index in [1.54, 1.807) is 6.20 Å². The van der Waals surface area contributed by atoms with Gasteiger partial charge in [-0.15, -0.1) is 0 Å². The van der Waals surface area contributed by atoms with Crippen LogP contribution in [-0.4, -0.2) is 24.7 Å². The van der Waals surface area contributed by atoms with Crippen molar-refractivity contribution in [3.05, 3.63) is 48.4 Å². The van der Waals surface area contributed by atoms with E-state index in [1.807, 2.05) is 47.9 Å². The molecule has 8 heteroatoms.